The highest BCUT2D eigenvalue weighted by molar-refractivity contribution is 9.11. The fourth-order valence-corrected chi connectivity index (χ4v) is 3.52. The van der Waals surface area contributed by atoms with E-state index in [0.29, 0.717) is 23.2 Å². The molecule has 3 amide bonds. The Morgan fingerprint density at radius 3 is 2.54 bits per heavy atom. The molecular weight excluding hydrogens is 464 g/mol. The van der Waals surface area contributed by atoms with Crippen molar-refractivity contribution in [2.75, 3.05) is 11.9 Å². The molecule has 2 aromatic carbocycles. The smallest absolute Gasteiger partial charge is 0.261 e. The van der Waals surface area contributed by atoms with Crippen molar-refractivity contribution in [3.8, 4) is 0 Å². The van der Waals surface area contributed by atoms with Gasteiger partial charge in [0.05, 0.1) is 16.8 Å². The Labute approximate surface area is 168 Å². The van der Waals surface area contributed by atoms with Crippen molar-refractivity contribution < 1.29 is 14.4 Å². The number of imide groups is 1. The molecule has 0 radical (unpaired) electrons. The Kier molecular flexibility index (Phi) is 5.58. The zero-order valence-corrected chi connectivity index (χ0v) is 17.2. The fraction of sp³-hybridized carbons (Fsp3) is 0.211. The third-order valence-corrected chi connectivity index (χ3v) is 5.30. The summed E-state index contributed by atoms with van der Waals surface area (Å²) in [5.74, 6) is -0.750. The highest BCUT2D eigenvalue weighted by Gasteiger charge is 2.34. The van der Waals surface area contributed by atoms with E-state index in [1.165, 1.54) is 4.90 Å². The summed E-state index contributed by atoms with van der Waals surface area (Å²) in [6.07, 6.45) is 0.618. The summed E-state index contributed by atoms with van der Waals surface area (Å²) in [7, 11) is 0. The second kappa shape index (κ2) is 7.72. The van der Waals surface area contributed by atoms with E-state index >= 15 is 0 Å². The zero-order valence-electron chi connectivity index (χ0n) is 14.0. The number of hydrogen-bond acceptors (Lipinski definition) is 3. The molecular formula is C19H16Br2N2O3. The average Bonchev–Trinajstić information content (AvgIpc) is 2.82. The minimum Gasteiger partial charge on any atom is -0.325 e. The van der Waals surface area contributed by atoms with Gasteiger partial charge in [0.15, 0.2) is 0 Å². The molecule has 26 heavy (non-hydrogen) atoms. The van der Waals surface area contributed by atoms with Crippen LogP contribution in [0.1, 0.15) is 39.1 Å². The largest absolute Gasteiger partial charge is 0.325 e. The average molecular weight is 480 g/mol. The van der Waals surface area contributed by atoms with E-state index in [4.69, 9.17) is 0 Å². The number of anilines is 1. The first kappa shape index (κ1) is 18.8. The number of carbonyl (C=O) groups excluding carboxylic acids is 3. The van der Waals surface area contributed by atoms with Gasteiger partial charge in [0.1, 0.15) is 0 Å². The molecule has 0 unspecified atom stereocenters. The zero-order chi connectivity index (χ0) is 18.8. The number of carbonyl (C=O) groups is 3. The number of aryl methyl sites for hydroxylation is 1. The summed E-state index contributed by atoms with van der Waals surface area (Å²) in [6, 6.07) is 10.7. The maximum absolute atomic E-state index is 12.4. The molecule has 3 rings (SSSR count). The predicted octanol–water partition coefficient (Wildman–Crippen LogP) is 4.53. The van der Waals surface area contributed by atoms with Crippen LogP contribution in [-0.4, -0.2) is 29.2 Å². The van der Waals surface area contributed by atoms with Gasteiger partial charge in [-0.3, -0.25) is 19.3 Å². The van der Waals surface area contributed by atoms with Crippen LogP contribution in [0.15, 0.2) is 45.3 Å². The molecule has 5 nitrogen and oxygen atoms in total. The minimum absolute atomic E-state index is 0.170. The molecule has 1 N–H and O–H groups in total. The van der Waals surface area contributed by atoms with E-state index in [9.17, 15) is 14.4 Å². The number of fused-ring (bicyclic) bond motifs is 1. The van der Waals surface area contributed by atoms with E-state index in [1.54, 1.807) is 18.2 Å². The molecule has 1 heterocycles. The standard InChI is InChI=1S/C19H16Br2N2O3/c1-11-4-6-13-14(9-11)19(26)23(18(13)25)8-2-3-17(24)22-16-10-12(20)5-7-15(16)21/h4-7,9-10H,2-3,8H2,1H3,(H,22,24). The number of rotatable bonds is 5. The van der Waals surface area contributed by atoms with Crippen LogP contribution in [0.5, 0.6) is 0 Å². The molecule has 134 valence electrons. The highest BCUT2D eigenvalue weighted by atomic mass is 79.9. The Hall–Kier alpha value is -1.99. The van der Waals surface area contributed by atoms with Crippen LogP contribution < -0.4 is 5.32 Å². The van der Waals surface area contributed by atoms with Gasteiger partial charge in [-0.1, -0.05) is 27.6 Å². The van der Waals surface area contributed by atoms with E-state index in [-0.39, 0.29) is 30.7 Å². The second-order valence-corrected chi connectivity index (χ2v) is 7.86. The predicted molar refractivity (Wildman–Crippen MR) is 106 cm³/mol. The molecule has 0 spiro atoms. The number of nitrogens with one attached hydrogen (secondary N) is 1. The SMILES string of the molecule is Cc1ccc2c(c1)C(=O)N(CCCC(=O)Nc1cc(Br)ccc1Br)C2=O. The van der Waals surface area contributed by atoms with Gasteiger partial charge in [0.25, 0.3) is 11.8 Å². The van der Waals surface area contributed by atoms with Gasteiger partial charge in [-0.15, -0.1) is 0 Å². The lowest BCUT2D eigenvalue weighted by Crippen LogP contribution is -2.31. The summed E-state index contributed by atoms with van der Waals surface area (Å²) in [4.78, 5) is 38.1. The summed E-state index contributed by atoms with van der Waals surface area (Å²) in [5, 5.41) is 2.82. The molecule has 7 heteroatoms. The van der Waals surface area contributed by atoms with Crippen molar-refractivity contribution in [1.29, 1.82) is 0 Å². The first-order valence-electron chi connectivity index (χ1n) is 8.08. The van der Waals surface area contributed by atoms with Crippen LogP contribution in [0.25, 0.3) is 0 Å². The molecule has 0 fully saturated rings. The van der Waals surface area contributed by atoms with Gasteiger partial charge >= 0.3 is 0 Å². The Bertz CT molecular complexity index is 912. The molecule has 0 aromatic heterocycles. The lowest BCUT2D eigenvalue weighted by atomic mass is 10.1. The van der Waals surface area contributed by atoms with Crippen molar-refractivity contribution in [1.82, 2.24) is 4.90 Å². The summed E-state index contributed by atoms with van der Waals surface area (Å²) in [6.45, 7) is 2.10. The quantitative estimate of drug-likeness (QED) is 0.640. The van der Waals surface area contributed by atoms with Crippen LogP contribution >= 0.6 is 31.9 Å². The third kappa shape index (κ3) is 3.88. The molecule has 0 atom stereocenters. The normalized spacial score (nSPS) is 13.1. The van der Waals surface area contributed by atoms with Gasteiger partial charge in [-0.2, -0.15) is 0 Å². The summed E-state index contributed by atoms with van der Waals surface area (Å²) in [5.41, 5.74) is 2.48. The van der Waals surface area contributed by atoms with Crippen molar-refractivity contribution in [3.63, 3.8) is 0 Å². The van der Waals surface area contributed by atoms with Gasteiger partial charge in [0, 0.05) is 21.9 Å². The van der Waals surface area contributed by atoms with E-state index in [2.05, 4.69) is 37.2 Å². The minimum atomic E-state index is -0.292. The maximum atomic E-state index is 12.4. The van der Waals surface area contributed by atoms with Crippen LogP contribution in [-0.2, 0) is 4.79 Å². The molecule has 1 aliphatic heterocycles. The molecule has 0 saturated heterocycles. The Morgan fingerprint density at radius 1 is 1.04 bits per heavy atom. The van der Waals surface area contributed by atoms with Gasteiger partial charge in [-0.25, -0.2) is 0 Å². The molecule has 0 bridgehead atoms. The van der Waals surface area contributed by atoms with Crippen LogP contribution in [0.4, 0.5) is 5.69 Å². The van der Waals surface area contributed by atoms with Crippen molar-refractivity contribution in [3.05, 3.63) is 62.0 Å². The molecule has 1 aliphatic rings. The number of nitrogens with zero attached hydrogens (tertiary/aromatic N) is 1. The van der Waals surface area contributed by atoms with E-state index in [0.717, 1.165) is 14.5 Å². The third-order valence-electron chi connectivity index (χ3n) is 4.11. The second-order valence-electron chi connectivity index (χ2n) is 6.09. The fourth-order valence-electron chi connectivity index (χ4n) is 2.81. The van der Waals surface area contributed by atoms with Crippen molar-refractivity contribution in [2.45, 2.75) is 19.8 Å². The van der Waals surface area contributed by atoms with Crippen LogP contribution in [0.2, 0.25) is 0 Å². The van der Waals surface area contributed by atoms with Gasteiger partial charge in [-0.05, 0) is 59.6 Å². The lowest BCUT2D eigenvalue weighted by Gasteiger charge is -2.13. The topological polar surface area (TPSA) is 66.5 Å². The van der Waals surface area contributed by atoms with E-state index in [1.807, 2.05) is 25.1 Å². The van der Waals surface area contributed by atoms with Gasteiger partial charge in [0.2, 0.25) is 5.91 Å². The monoisotopic (exact) mass is 478 g/mol. The van der Waals surface area contributed by atoms with Crippen molar-refractivity contribution in [2.24, 2.45) is 0 Å². The van der Waals surface area contributed by atoms with Crippen LogP contribution in [0, 0.1) is 6.92 Å². The first-order valence-corrected chi connectivity index (χ1v) is 9.67. The molecule has 2 aromatic rings. The maximum Gasteiger partial charge on any atom is 0.261 e. The van der Waals surface area contributed by atoms with E-state index < -0.39 is 0 Å². The first-order chi connectivity index (χ1) is 12.4. The summed E-state index contributed by atoms with van der Waals surface area (Å²) >= 11 is 6.75. The van der Waals surface area contributed by atoms with Gasteiger partial charge < -0.3 is 5.32 Å². The number of halogens is 2. The highest BCUT2D eigenvalue weighted by Crippen LogP contribution is 2.27. The molecule has 0 saturated carbocycles. The number of benzene rings is 2. The number of amides is 3. The summed E-state index contributed by atoms with van der Waals surface area (Å²) < 4.78 is 1.64. The molecule has 0 aliphatic carbocycles. The lowest BCUT2D eigenvalue weighted by molar-refractivity contribution is -0.116. The Balaban J connectivity index is 1.57. The Morgan fingerprint density at radius 2 is 1.77 bits per heavy atom. The number of hydrogen-bond donors (Lipinski definition) is 1. The van der Waals surface area contributed by atoms with Crippen molar-refractivity contribution >= 4 is 55.3 Å². The van der Waals surface area contributed by atoms with Crippen LogP contribution in [0.3, 0.4) is 0 Å².